The first-order valence-electron chi connectivity index (χ1n) is 10.9. The van der Waals surface area contributed by atoms with Gasteiger partial charge in [0.2, 0.25) is 5.91 Å². The van der Waals surface area contributed by atoms with Gasteiger partial charge >= 0.3 is 0 Å². The molecule has 2 heterocycles. The number of anilines is 1. The minimum atomic E-state index is -0.669. The van der Waals surface area contributed by atoms with Crippen LogP contribution in [0.2, 0.25) is 0 Å². The second kappa shape index (κ2) is 8.94. The number of halogens is 2. The highest BCUT2D eigenvalue weighted by Gasteiger charge is 2.43. The van der Waals surface area contributed by atoms with Gasteiger partial charge in [0.05, 0.1) is 16.3 Å². The molecule has 1 N–H and O–H groups in total. The molecule has 2 aromatic heterocycles. The van der Waals surface area contributed by atoms with Crippen LogP contribution in [0.25, 0.3) is 10.7 Å². The summed E-state index contributed by atoms with van der Waals surface area (Å²) >= 11 is 2.89. The van der Waals surface area contributed by atoms with Crippen LogP contribution >= 0.6 is 23.1 Å². The van der Waals surface area contributed by atoms with Gasteiger partial charge in [-0.25, -0.2) is 8.78 Å². The van der Waals surface area contributed by atoms with Crippen molar-refractivity contribution in [2.75, 3.05) is 11.1 Å². The summed E-state index contributed by atoms with van der Waals surface area (Å²) in [6, 6.07) is 7.25. The average Bonchev–Trinajstić information content (AvgIpc) is 3.57. The van der Waals surface area contributed by atoms with E-state index in [1.54, 1.807) is 11.3 Å². The lowest BCUT2D eigenvalue weighted by Crippen LogP contribution is -2.23. The van der Waals surface area contributed by atoms with Gasteiger partial charge in [-0.1, -0.05) is 24.2 Å². The van der Waals surface area contributed by atoms with E-state index in [9.17, 15) is 13.6 Å². The van der Waals surface area contributed by atoms with Crippen molar-refractivity contribution in [1.29, 1.82) is 0 Å². The third-order valence-corrected chi connectivity index (χ3v) is 8.57. The molecule has 9 heteroatoms. The number of thiophene rings is 1. The molecule has 3 aromatic rings. The molecule has 168 valence electrons. The van der Waals surface area contributed by atoms with Crippen molar-refractivity contribution in [2.24, 2.45) is 17.8 Å². The molecule has 5 nitrogen and oxygen atoms in total. The maximum atomic E-state index is 13.9. The van der Waals surface area contributed by atoms with Gasteiger partial charge in [0.1, 0.15) is 11.6 Å². The number of fused-ring (bicyclic) bond motifs is 2. The summed E-state index contributed by atoms with van der Waals surface area (Å²) in [6.07, 6.45) is 5.18. The summed E-state index contributed by atoms with van der Waals surface area (Å²) in [7, 11) is 0. The van der Waals surface area contributed by atoms with Gasteiger partial charge in [-0.05, 0) is 67.5 Å². The Kier molecular flexibility index (Phi) is 6.03. The van der Waals surface area contributed by atoms with Gasteiger partial charge in [-0.2, -0.15) is 0 Å². The monoisotopic (exact) mass is 474 g/mol. The summed E-state index contributed by atoms with van der Waals surface area (Å²) in [5.41, 5.74) is -0.160. The third-order valence-electron chi connectivity index (χ3n) is 6.76. The van der Waals surface area contributed by atoms with E-state index in [-0.39, 0.29) is 17.5 Å². The van der Waals surface area contributed by atoms with Crippen LogP contribution in [0.5, 0.6) is 0 Å². The number of nitrogens with zero attached hydrogens (tertiary/aromatic N) is 3. The smallest absolute Gasteiger partial charge is 0.234 e. The highest BCUT2D eigenvalue weighted by molar-refractivity contribution is 7.99. The summed E-state index contributed by atoms with van der Waals surface area (Å²) in [5.74, 6) is 1.32. The molecule has 0 radical (unpaired) electrons. The largest absolute Gasteiger partial charge is 0.323 e. The van der Waals surface area contributed by atoms with Crippen LogP contribution in [0.1, 0.15) is 38.6 Å². The number of carbonyl (C=O) groups is 1. The molecule has 2 fully saturated rings. The van der Waals surface area contributed by atoms with E-state index in [0.717, 1.165) is 40.7 Å². The van der Waals surface area contributed by atoms with Crippen molar-refractivity contribution in [3.8, 4) is 10.7 Å². The fourth-order valence-corrected chi connectivity index (χ4v) is 6.83. The topological polar surface area (TPSA) is 59.8 Å². The van der Waals surface area contributed by atoms with Crippen molar-refractivity contribution >= 4 is 34.7 Å². The number of nitrogens with one attached hydrogen (secondary N) is 1. The highest BCUT2D eigenvalue weighted by atomic mass is 32.2. The molecular weight excluding hydrogens is 450 g/mol. The molecule has 0 aliphatic heterocycles. The van der Waals surface area contributed by atoms with Gasteiger partial charge in [-0.3, -0.25) is 9.36 Å². The molecule has 2 saturated carbocycles. The van der Waals surface area contributed by atoms with E-state index in [4.69, 9.17) is 0 Å². The normalized spacial score (nSPS) is 22.9. The van der Waals surface area contributed by atoms with E-state index in [0.29, 0.717) is 11.1 Å². The van der Waals surface area contributed by atoms with Crippen molar-refractivity contribution in [3.63, 3.8) is 0 Å². The van der Waals surface area contributed by atoms with Crippen LogP contribution in [0, 0.1) is 29.4 Å². The number of carbonyl (C=O) groups excluding carboxylic acids is 1. The number of rotatable bonds is 7. The fraction of sp³-hybridized carbons (Fsp3) is 0.435. The van der Waals surface area contributed by atoms with Gasteiger partial charge in [-0.15, -0.1) is 21.5 Å². The Morgan fingerprint density at radius 1 is 1.28 bits per heavy atom. The van der Waals surface area contributed by atoms with Crippen LogP contribution in [0.4, 0.5) is 14.5 Å². The van der Waals surface area contributed by atoms with E-state index < -0.39 is 17.5 Å². The van der Waals surface area contributed by atoms with Crippen LogP contribution in [-0.2, 0) is 4.79 Å². The lowest BCUT2D eigenvalue weighted by Gasteiger charge is -2.30. The van der Waals surface area contributed by atoms with E-state index in [2.05, 4.69) is 27.0 Å². The number of benzene rings is 1. The molecule has 2 aliphatic rings. The number of aromatic nitrogens is 3. The Labute approximate surface area is 193 Å². The Morgan fingerprint density at radius 3 is 2.88 bits per heavy atom. The molecule has 0 saturated heterocycles. The quantitative estimate of drug-likeness (QED) is 0.426. The third kappa shape index (κ3) is 4.20. The van der Waals surface area contributed by atoms with Gasteiger partial charge in [0, 0.05) is 12.1 Å². The Bertz CT molecular complexity index is 1120. The molecule has 2 bridgehead atoms. The molecule has 32 heavy (non-hydrogen) atoms. The zero-order chi connectivity index (χ0) is 22.2. The summed E-state index contributed by atoms with van der Waals surface area (Å²) in [6.45, 7) is 2.23. The molecule has 5 rings (SSSR count). The van der Waals surface area contributed by atoms with E-state index in [1.165, 1.54) is 37.4 Å². The summed E-state index contributed by atoms with van der Waals surface area (Å²) in [5, 5.41) is 14.0. The number of thioether (sulfide) groups is 1. The predicted molar refractivity (Wildman–Crippen MR) is 123 cm³/mol. The van der Waals surface area contributed by atoms with Crippen molar-refractivity contribution < 1.29 is 13.6 Å². The Balaban J connectivity index is 1.35. The molecule has 0 spiro atoms. The standard InChI is InChI=1S/C23H24F2N4OS2/c1-13(17-10-14-4-5-15(17)9-14)29-22(20-3-2-8-31-20)27-28-23(29)32-12-21(30)26-19-11-16(24)6-7-18(19)25/h2-3,6-8,11,13-15,17H,4-5,9-10,12H2,1H3,(H,26,30). The molecule has 2 aliphatic carbocycles. The van der Waals surface area contributed by atoms with Crippen LogP contribution < -0.4 is 5.32 Å². The van der Waals surface area contributed by atoms with E-state index in [1.807, 2.05) is 17.5 Å². The fourth-order valence-electron chi connectivity index (χ4n) is 5.30. The van der Waals surface area contributed by atoms with Crippen LogP contribution in [0.3, 0.4) is 0 Å². The van der Waals surface area contributed by atoms with Crippen LogP contribution in [-0.4, -0.2) is 26.4 Å². The lowest BCUT2D eigenvalue weighted by molar-refractivity contribution is -0.113. The van der Waals surface area contributed by atoms with Crippen molar-refractivity contribution in [2.45, 2.75) is 43.8 Å². The molecule has 1 amide bonds. The first-order valence-corrected chi connectivity index (χ1v) is 12.7. The van der Waals surface area contributed by atoms with Crippen LogP contribution in [0.15, 0.2) is 40.9 Å². The first kappa shape index (κ1) is 21.6. The zero-order valence-electron chi connectivity index (χ0n) is 17.6. The maximum absolute atomic E-state index is 13.9. The van der Waals surface area contributed by atoms with Gasteiger partial charge in [0.15, 0.2) is 11.0 Å². The first-order chi connectivity index (χ1) is 15.5. The zero-order valence-corrected chi connectivity index (χ0v) is 19.3. The second-order valence-electron chi connectivity index (χ2n) is 8.69. The van der Waals surface area contributed by atoms with Crippen molar-refractivity contribution in [3.05, 3.63) is 47.3 Å². The second-order valence-corrected chi connectivity index (χ2v) is 10.6. The predicted octanol–water partition coefficient (Wildman–Crippen LogP) is 6.01. The van der Waals surface area contributed by atoms with E-state index >= 15 is 0 Å². The summed E-state index contributed by atoms with van der Waals surface area (Å²) in [4.78, 5) is 13.5. The lowest BCUT2D eigenvalue weighted by atomic mass is 9.84. The molecule has 4 atom stereocenters. The Morgan fingerprint density at radius 2 is 2.16 bits per heavy atom. The minimum absolute atomic E-state index is 0.0297. The van der Waals surface area contributed by atoms with Gasteiger partial charge < -0.3 is 5.32 Å². The average molecular weight is 475 g/mol. The minimum Gasteiger partial charge on any atom is -0.323 e. The molecule has 4 unspecified atom stereocenters. The number of hydrogen-bond donors (Lipinski definition) is 1. The molecular formula is C23H24F2N4OS2. The SMILES string of the molecule is CC(C1CC2CCC1C2)n1c(SCC(=O)Nc2cc(F)ccc2F)nnc1-c1cccs1. The molecule has 1 aromatic carbocycles. The Hall–Kier alpha value is -2.26. The number of amides is 1. The number of hydrogen-bond acceptors (Lipinski definition) is 5. The maximum Gasteiger partial charge on any atom is 0.234 e. The highest BCUT2D eigenvalue weighted by Crippen LogP contribution is 2.53. The van der Waals surface area contributed by atoms with Crippen molar-refractivity contribution in [1.82, 2.24) is 14.8 Å². The van der Waals surface area contributed by atoms with Gasteiger partial charge in [0.25, 0.3) is 0 Å². The summed E-state index contributed by atoms with van der Waals surface area (Å²) < 4.78 is 29.4.